The average Bonchev–Trinajstić information content (AvgIpc) is 3.00. The zero-order chi connectivity index (χ0) is 15.4. The van der Waals surface area contributed by atoms with Gasteiger partial charge in [0.2, 0.25) is 10.0 Å². The van der Waals surface area contributed by atoms with E-state index in [9.17, 15) is 21.2 Å². The first-order chi connectivity index (χ1) is 9.69. The van der Waals surface area contributed by atoms with Crippen LogP contribution in [0.3, 0.4) is 0 Å². The number of hydrogen-bond donors (Lipinski definition) is 0. The maximum absolute atomic E-state index is 13.9. The normalized spacial score (nSPS) is 26.4. The molecule has 1 heterocycles. The molecule has 0 radical (unpaired) electrons. The Labute approximate surface area is 123 Å². The van der Waals surface area contributed by atoms with E-state index in [1.165, 1.54) is 4.31 Å². The quantitative estimate of drug-likeness (QED) is 0.784. The first-order valence-corrected chi connectivity index (χ1v) is 10.0. The topological polar surface area (TPSA) is 71.5 Å². The number of benzene rings is 1. The summed E-state index contributed by atoms with van der Waals surface area (Å²) in [4.78, 5) is -0.732. The van der Waals surface area contributed by atoms with Crippen LogP contribution in [0.1, 0.15) is 19.3 Å². The maximum atomic E-state index is 13.9. The van der Waals surface area contributed by atoms with E-state index in [0.717, 1.165) is 43.7 Å². The number of fused-ring (bicyclic) bond motifs is 2. The molecule has 21 heavy (non-hydrogen) atoms. The van der Waals surface area contributed by atoms with Crippen molar-refractivity contribution in [2.45, 2.75) is 35.1 Å². The van der Waals surface area contributed by atoms with Crippen molar-refractivity contribution in [3.05, 3.63) is 24.0 Å². The summed E-state index contributed by atoms with van der Waals surface area (Å²) in [5.41, 5.74) is 0. The summed E-state index contributed by atoms with van der Waals surface area (Å²) in [5, 5.41) is 0. The lowest BCUT2D eigenvalue weighted by Gasteiger charge is -2.26. The molecule has 2 fully saturated rings. The highest BCUT2D eigenvalue weighted by atomic mass is 32.2. The van der Waals surface area contributed by atoms with Crippen molar-refractivity contribution in [1.82, 2.24) is 4.31 Å². The summed E-state index contributed by atoms with van der Waals surface area (Å²) >= 11 is 0. The third-order valence-electron chi connectivity index (χ3n) is 4.28. The number of halogens is 1. The summed E-state index contributed by atoms with van der Waals surface area (Å²) in [5.74, 6) is -0.573. The van der Waals surface area contributed by atoms with Crippen molar-refractivity contribution in [3.8, 4) is 0 Å². The Balaban J connectivity index is 2.07. The molecule has 0 N–H and O–H groups in total. The zero-order valence-corrected chi connectivity index (χ0v) is 13.1. The molecule has 0 amide bonds. The van der Waals surface area contributed by atoms with Gasteiger partial charge >= 0.3 is 0 Å². The molecule has 116 valence electrons. The van der Waals surface area contributed by atoms with Crippen molar-refractivity contribution in [2.75, 3.05) is 12.8 Å². The highest BCUT2D eigenvalue weighted by molar-refractivity contribution is 7.91. The van der Waals surface area contributed by atoms with E-state index in [4.69, 9.17) is 0 Å². The first-order valence-electron chi connectivity index (χ1n) is 6.71. The molecule has 1 aromatic rings. The van der Waals surface area contributed by atoms with E-state index in [1.54, 1.807) is 0 Å². The van der Waals surface area contributed by atoms with Gasteiger partial charge in [0.1, 0.15) is 10.7 Å². The van der Waals surface area contributed by atoms with Crippen molar-refractivity contribution in [2.24, 2.45) is 5.92 Å². The summed E-state index contributed by atoms with van der Waals surface area (Å²) < 4.78 is 63.6. The molecule has 1 aliphatic carbocycles. The molecule has 1 aliphatic heterocycles. The Morgan fingerprint density at radius 1 is 1.19 bits per heavy atom. The fourth-order valence-corrected chi connectivity index (χ4v) is 5.77. The smallest absolute Gasteiger partial charge is 0.224 e. The molecule has 2 unspecified atom stereocenters. The minimum atomic E-state index is -3.99. The van der Waals surface area contributed by atoms with Gasteiger partial charge in [-0.2, -0.15) is 4.31 Å². The maximum Gasteiger partial charge on any atom is 0.246 e. The Kier molecular flexibility index (Phi) is 3.38. The second-order valence-corrected chi connectivity index (χ2v) is 9.65. The molecular formula is C13H16FNO4S2. The molecule has 5 nitrogen and oxygen atoms in total. The third kappa shape index (κ3) is 2.49. The van der Waals surface area contributed by atoms with E-state index < -0.39 is 30.6 Å². The van der Waals surface area contributed by atoms with Gasteiger partial charge in [0.15, 0.2) is 9.84 Å². The van der Waals surface area contributed by atoms with Crippen LogP contribution in [-0.2, 0) is 19.9 Å². The Morgan fingerprint density at radius 2 is 1.90 bits per heavy atom. The second kappa shape index (κ2) is 4.76. The number of sulfone groups is 1. The van der Waals surface area contributed by atoms with Gasteiger partial charge in [-0.15, -0.1) is 0 Å². The van der Waals surface area contributed by atoms with E-state index in [1.807, 2.05) is 0 Å². The van der Waals surface area contributed by atoms with E-state index in [2.05, 4.69) is 0 Å². The molecule has 2 aliphatic rings. The average molecular weight is 333 g/mol. The largest absolute Gasteiger partial charge is 0.246 e. The van der Waals surface area contributed by atoms with Gasteiger partial charge in [0.05, 0.1) is 4.90 Å². The van der Waals surface area contributed by atoms with Crippen LogP contribution in [0.5, 0.6) is 0 Å². The van der Waals surface area contributed by atoms with Crippen LogP contribution in [0.4, 0.5) is 4.39 Å². The monoisotopic (exact) mass is 333 g/mol. The molecule has 0 aromatic heterocycles. The predicted octanol–water partition coefficient (Wildman–Crippen LogP) is 1.40. The number of sulfonamides is 1. The van der Waals surface area contributed by atoms with Crippen LogP contribution < -0.4 is 0 Å². The third-order valence-corrected chi connectivity index (χ3v) is 7.32. The molecular weight excluding hydrogens is 317 g/mol. The highest BCUT2D eigenvalue weighted by Gasteiger charge is 2.45. The lowest BCUT2D eigenvalue weighted by Crippen LogP contribution is -2.38. The number of hydrogen-bond acceptors (Lipinski definition) is 4. The SMILES string of the molecule is CS(=O)(=O)c1ccc(F)c(S(=O)(=O)N2CC3CCC2C3)c1. The fourth-order valence-electron chi connectivity index (χ4n) is 3.21. The van der Waals surface area contributed by atoms with Crippen molar-refractivity contribution < 1.29 is 21.2 Å². The summed E-state index contributed by atoms with van der Waals surface area (Å²) in [6.45, 7) is 0.398. The van der Waals surface area contributed by atoms with E-state index >= 15 is 0 Å². The lowest BCUT2D eigenvalue weighted by atomic mass is 10.1. The van der Waals surface area contributed by atoms with Crippen LogP contribution in [0, 0.1) is 11.7 Å². The van der Waals surface area contributed by atoms with Crippen molar-refractivity contribution in [3.63, 3.8) is 0 Å². The van der Waals surface area contributed by atoms with Gasteiger partial charge in [-0.1, -0.05) is 0 Å². The zero-order valence-electron chi connectivity index (χ0n) is 11.5. The van der Waals surface area contributed by atoms with Crippen LogP contribution in [0.15, 0.2) is 28.0 Å². The molecule has 1 saturated heterocycles. The summed E-state index contributed by atoms with van der Waals surface area (Å²) in [7, 11) is -7.57. The standard InChI is InChI=1S/C13H16FNO4S2/c1-20(16,17)11-4-5-12(14)13(7-11)21(18,19)15-8-9-2-3-10(15)6-9/h4-5,7,9-10H,2-3,6,8H2,1H3. The number of nitrogens with zero attached hydrogens (tertiary/aromatic N) is 1. The molecule has 2 bridgehead atoms. The molecule has 8 heteroatoms. The van der Waals surface area contributed by atoms with Crippen LogP contribution in [-0.4, -0.2) is 40.0 Å². The Morgan fingerprint density at radius 3 is 2.43 bits per heavy atom. The minimum absolute atomic E-state index is 0.0821. The summed E-state index contributed by atoms with van der Waals surface area (Å²) in [6.07, 6.45) is 3.57. The number of piperidine rings is 1. The van der Waals surface area contributed by atoms with E-state index in [-0.39, 0.29) is 10.9 Å². The summed E-state index contributed by atoms with van der Waals surface area (Å²) in [6, 6.07) is 2.82. The Hall–Kier alpha value is -0.990. The second-order valence-electron chi connectivity index (χ2n) is 5.77. The van der Waals surface area contributed by atoms with Gasteiger partial charge in [0.25, 0.3) is 0 Å². The fraction of sp³-hybridized carbons (Fsp3) is 0.538. The van der Waals surface area contributed by atoms with Gasteiger partial charge in [-0.25, -0.2) is 21.2 Å². The first kappa shape index (κ1) is 14.9. The van der Waals surface area contributed by atoms with Crippen LogP contribution >= 0.6 is 0 Å². The lowest BCUT2D eigenvalue weighted by molar-refractivity contribution is 0.332. The molecule has 3 rings (SSSR count). The molecule has 0 spiro atoms. The van der Waals surface area contributed by atoms with Gasteiger partial charge in [-0.05, 0) is 43.4 Å². The minimum Gasteiger partial charge on any atom is -0.224 e. The van der Waals surface area contributed by atoms with Crippen molar-refractivity contribution >= 4 is 19.9 Å². The van der Waals surface area contributed by atoms with Crippen LogP contribution in [0.2, 0.25) is 0 Å². The number of rotatable bonds is 3. The molecule has 1 aromatic carbocycles. The van der Waals surface area contributed by atoms with Gasteiger partial charge in [0, 0.05) is 18.8 Å². The van der Waals surface area contributed by atoms with Gasteiger partial charge in [-0.3, -0.25) is 0 Å². The van der Waals surface area contributed by atoms with Crippen molar-refractivity contribution in [1.29, 1.82) is 0 Å². The molecule has 1 saturated carbocycles. The van der Waals surface area contributed by atoms with Gasteiger partial charge < -0.3 is 0 Å². The highest BCUT2D eigenvalue weighted by Crippen LogP contribution is 2.41. The predicted molar refractivity (Wildman–Crippen MR) is 74.5 cm³/mol. The van der Waals surface area contributed by atoms with E-state index in [0.29, 0.717) is 12.5 Å². The van der Waals surface area contributed by atoms with Crippen LogP contribution in [0.25, 0.3) is 0 Å². The Bertz CT molecular complexity index is 788. The molecule has 2 atom stereocenters.